The van der Waals surface area contributed by atoms with Gasteiger partial charge in [0.2, 0.25) is 0 Å². The number of hydrogen-bond acceptors (Lipinski definition) is 2. The Hall–Kier alpha value is -0.730. The van der Waals surface area contributed by atoms with E-state index in [2.05, 4.69) is 36.6 Å². The van der Waals surface area contributed by atoms with Crippen molar-refractivity contribution in [3.8, 4) is 0 Å². The highest BCUT2D eigenvalue weighted by molar-refractivity contribution is 7.98. The molecule has 0 aromatic heterocycles. The van der Waals surface area contributed by atoms with Gasteiger partial charge in [-0.05, 0) is 43.2 Å². The Labute approximate surface area is 95.8 Å². The van der Waals surface area contributed by atoms with Gasteiger partial charge in [0.15, 0.2) is 0 Å². The minimum Gasteiger partial charge on any atom is -0.321 e. The number of nitrogens with two attached hydrogens (primary N) is 1. The molecule has 0 fully saturated rings. The number of benzene rings is 1. The molecule has 0 spiro atoms. The molecule has 0 saturated heterocycles. The van der Waals surface area contributed by atoms with Gasteiger partial charge >= 0.3 is 0 Å². The second-order valence-electron chi connectivity index (χ2n) is 3.92. The summed E-state index contributed by atoms with van der Waals surface area (Å²) >= 11 is 1.77. The Morgan fingerprint density at radius 3 is 2.53 bits per heavy atom. The van der Waals surface area contributed by atoms with Crippen molar-refractivity contribution in [1.82, 2.24) is 0 Å². The summed E-state index contributed by atoms with van der Waals surface area (Å²) in [5.41, 5.74) is 8.86. The summed E-state index contributed by atoms with van der Waals surface area (Å²) in [4.78, 5) is 1.30. The summed E-state index contributed by atoms with van der Waals surface area (Å²) in [5, 5.41) is 0. The predicted octanol–water partition coefficient (Wildman–Crippen LogP) is 3.52. The molecule has 1 aliphatic rings. The summed E-state index contributed by atoms with van der Waals surface area (Å²) in [5.74, 6) is 0. The van der Waals surface area contributed by atoms with E-state index in [-0.39, 0.29) is 6.04 Å². The fourth-order valence-electron chi connectivity index (χ4n) is 2.00. The summed E-state index contributed by atoms with van der Waals surface area (Å²) in [7, 11) is 0. The van der Waals surface area contributed by atoms with Crippen LogP contribution in [0.4, 0.5) is 0 Å². The molecular formula is C13H17NS. The van der Waals surface area contributed by atoms with Crippen molar-refractivity contribution < 1.29 is 0 Å². The Bertz CT molecular complexity index is 353. The van der Waals surface area contributed by atoms with Crippen LogP contribution >= 0.6 is 11.8 Å². The molecule has 0 radical (unpaired) electrons. The van der Waals surface area contributed by atoms with Crippen LogP contribution in [0.25, 0.3) is 0 Å². The topological polar surface area (TPSA) is 26.0 Å². The largest absolute Gasteiger partial charge is 0.321 e. The lowest BCUT2D eigenvalue weighted by Crippen LogP contribution is -2.11. The third-order valence-electron chi connectivity index (χ3n) is 2.95. The summed E-state index contributed by atoms with van der Waals surface area (Å²) in [6.45, 7) is 0. The van der Waals surface area contributed by atoms with E-state index in [0.29, 0.717) is 0 Å². The first-order valence-electron chi connectivity index (χ1n) is 5.39. The number of allylic oxidation sites excluding steroid dienone is 1. The van der Waals surface area contributed by atoms with Crippen LogP contribution < -0.4 is 5.73 Å². The third-order valence-corrected chi connectivity index (χ3v) is 3.69. The number of hydrogen-bond donors (Lipinski definition) is 1. The first kappa shape index (κ1) is 10.8. The van der Waals surface area contributed by atoms with Gasteiger partial charge in [0.25, 0.3) is 0 Å². The van der Waals surface area contributed by atoms with Gasteiger partial charge in [0.05, 0.1) is 6.04 Å². The van der Waals surface area contributed by atoms with Gasteiger partial charge in [-0.15, -0.1) is 11.8 Å². The van der Waals surface area contributed by atoms with Crippen molar-refractivity contribution in [2.75, 3.05) is 6.26 Å². The summed E-state index contributed by atoms with van der Waals surface area (Å²) < 4.78 is 0. The van der Waals surface area contributed by atoms with Crippen molar-refractivity contribution in [2.45, 2.75) is 30.2 Å². The maximum Gasteiger partial charge on any atom is 0.0510 e. The normalized spacial score (nSPS) is 17.6. The van der Waals surface area contributed by atoms with Crippen LogP contribution in [0.3, 0.4) is 0 Å². The predicted molar refractivity (Wildman–Crippen MR) is 67.1 cm³/mol. The second kappa shape index (κ2) is 4.86. The van der Waals surface area contributed by atoms with E-state index in [0.717, 1.165) is 0 Å². The zero-order chi connectivity index (χ0) is 10.7. The smallest absolute Gasteiger partial charge is 0.0510 e. The number of thioether (sulfide) groups is 1. The second-order valence-corrected chi connectivity index (χ2v) is 4.80. The van der Waals surface area contributed by atoms with Gasteiger partial charge in [-0.3, -0.25) is 0 Å². The lowest BCUT2D eigenvalue weighted by molar-refractivity contribution is 0.784. The monoisotopic (exact) mass is 219 g/mol. The average molecular weight is 219 g/mol. The Morgan fingerprint density at radius 1 is 1.27 bits per heavy atom. The molecular weight excluding hydrogens is 202 g/mol. The summed E-state index contributed by atoms with van der Waals surface area (Å²) in [6, 6.07) is 8.71. The zero-order valence-electron chi connectivity index (χ0n) is 9.07. The Balaban J connectivity index is 2.14. The zero-order valence-corrected chi connectivity index (χ0v) is 9.89. The van der Waals surface area contributed by atoms with Gasteiger partial charge in [-0.2, -0.15) is 0 Å². The van der Waals surface area contributed by atoms with Crippen LogP contribution in [0.2, 0.25) is 0 Å². The summed E-state index contributed by atoms with van der Waals surface area (Å²) in [6.07, 6.45) is 8.03. The fourth-order valence-corrected chi connectivity index (χ4v) is 2.41. The first-order valence-corrected chi connectivity index (χ1v) is 6.62. The van der Waals surface area contributed by atoms with Crippen LogP contribution in [-0.4, -0.2) is 6.26 Å². The molecule has 0 aliphatic heterocycles. The quantitative estimate of drug-likeness (QED) is 0.622. The fraction of sp³-hybridized carbons (Fsp3) is 0.385. The molecule has 0 saturated carbocycles. The van der Waals surface area contributed by atoms with Crippen molar-refractivity contribution in [3.63, 3.8) is 0 Å². The van der Waals surface area contributed by atoms with Crippen molar-refractivity contribution in [2.24, 2.45) is 5.73 Å². The first-order chi connectivity index (χ1) is 7.31. The van der Waals surface area contributed by atoms with Crippen LogP contribution in [0, 0.1) is 0 Å². The van der Waals surface area contributed by atoms with Gasteiger partial charge in [-0.25, -0.2) is 0 Å². The van der Waals surface area contributed by atoms with Crippen molar-refractivity contribution in [3.05, 3.63) is 41.5 Å². The maximum absolute atomic E-state index is 6.22. The standard InChI is InChI=1S/C13H17NS/c1-15-12-8-6-11(7-9-12)13(14)10-4-2-3-5-10/h4,6-9,13H,2-3,5,14H2,1H3. The highest BCUT2D eigenvalue weighted by Crippen LogP contribution is 2.29. The maximum atomic E-state index is 6.22. The van der Waals surface area contributed by atoms with Crippen LogP contribution in [0.15, 0.2) is 40.8 Å². The molecule has 2 N–H and O–H groups in total. The van der Waals surface area contributed by atoms with E-state index < -0.39 is 0 Å². The lowest BCUT2D eigenvalue weighted by atomic mass is 9.99. The molecule has 2 rings (SSSR count). The lowest BCUT2D eigenvalue weighted by Gasteiger charge is -2.13. The van der Waals surface area contributed by atoms with E-state index >= 15 is 0 Å². The molecule has 1 aliphatic carbocycles. The van der Waals surface area contributed by atoms with Gasteiger partial charge < -0.3 is 5.73 Å². The van der Waals surface area contributed by atoms with Crippen LogP contribution in [-0.2, 0) is 0 Å². The average Bonchev–Trinajstić information content (AvgIpc) is 2.82. The highest BCUT2D eigenvalue weighted by Gasteiger charge is 2.14. The van der Waals surface area contributed by atoms with Gasteiger partial charge in [-0.1, -0.05) is 23.8 Å². The molecule has 1 unspecified atom stereocenters. The van der Waals surface area contributed by atoms with E-state index in [1.807, 2.05) is 0 Å². The molecule has 1 aromatic carbocycles. The molecule has 15 heavy (non-hydrogen) atoms. The molecule has 2 heteroatoms. The van der Waals surface area contributed by atoms with Crippen LogP contribution in [0.5, 0.6) is 0 Å². The van der Waals surface area contributed by atoms with E-state index in [4.69, 9.17) is 5.73 Å². The molecule has 0 amide bonds. The number of rotatable bonds is 3. The molecule has 1 atom stereocenters. The Morgan fingerprint density at radius 2 is 2.00 bits per heavy atom. The van der Waals surface area contributed by atoms with E-state index in [9.17, 15) is 0 Å². The van der Waals surface area contributed by atoms with Crippen LogP contribution in [0.1, 0.15) is 30.9 Å². The van der Waals surface area contributed by atoms with Crippen molar-refractivity contribution >= 4 is 11.8 Å². The minimum atomic E-state index is 0.114. The molecule has 0 heterocycles. The van der Waals surface area contributed by atoms with E-state index in [1.54, 1.807) is 11.8 Å². The third kappa shape index (κ3) is 2.44. The van der Waals surface area contributed by atoms with Crippen molar-refractivity contribution in [1.29, 1.82) is 0 Å². The molecule has 0 bridgehead atoms. The SMILES string of the molecule is CSc1ccc(C(N)C2=CCCC2)cc1. The van der Waals surface area contributed by atoms with Gasteiger partial charge in [0, 0.05) is 4.90 Å². The van der Waals surface area contributed by atoms with E-state index in [1.165, 1.54) is 35.3 Å². The highest BCUT2D eigenvalue weighted by atomic mass is 32.2. The minimum absolute atomic E-state index is 0.114. The Kier molecular flexibility index (Phi) is 3.49. The molecule has 1 nitrogen and oxygen atoms in total. The van der Waals surface area contributed by atoms with Gasteiger partial charge in [0.1, 0.15) is 0 Å². The molecule has 80 valence electrons. The molecule has 1 aromatic rings.